The molecule has 0 saturated heterocycles. The highest BCUT2D eigenvalue weighted by Gasteiger charge is 2.29. The maximum Gasteiger partial charge on any atom is 0.407 e. The Labute approximate surface area is 181 Å². The SMILES string of the molecule is C#CCN(CC(=O)O)C(=O)C(C)CNC(=O)OCC1c2ccccc2-c2ccccc21. The summed E-state index contributed by atoms with van der Waals surface area (Å²) in [7, 11) is 0. The standard InChI is InChI=1S/C24H24N2O5/c1-3-12-26(14-22(27)28)23(29)16(2)13-25-24(30)31-15-21-19-10-6-4-8-17(19)18-9-5-7-11-20(18)21/h1,4-11,16,21H,12-15H2,2H3,(H,25,30)(H,27,28). The molecular formula is C24H24N2O5. The molecule has 1 atom stereocenters. The van der Waals surface area contributed by atoms with Crippen LogP contribution in [0.15, 0.2) is 48.5 Å². The van der Waals surface area contributed by atoms with Crippen molar-refractivity contribution in [2.75, 3.05) is 26.2 Å². The Morgan fingerprint density at radius 2 is 1.71 bits per heavy atom. The van der Waals surface area contributed by atoms with Crippen LogP contribution in [0.3, 0.4) is 0 Å². The molecule has 7 heteroatoms. The number of carboxylic acid groups (broad SMARTS) is 1. The van der Waals surface area contributed by atoms with E-state index in [-0.39, 0.29) is 25.6 Å². The molecule has 2 aromatic rings. The van der Waals surface area contributed by atoms with Crippen molar-refractivity contribution >= 4 is 18.0 Å². The molecule has 1 aliphatic rings. The number of carbonyl (C=O) groups is 3. The van der Waals surface area contributed by atoms with E-state index in [4.69, 9.17) is 16.3 Å². The Kier molecular flexibility index (Phi) is 6.93. The van der Waals surface area contributed by atoms with Crippen LogP contribution in [0, 0.1) is 18.3 Å². The predicted octanol–water partition coefficient (Wildman–Crippen LogP) is 2.71. The zero-order chi connectivity index (χ0) is 22.4. The van der Waals surface area contributed by atoms with E-state index < -0.39 is 30.4 Å². The number of hydrogen-bond donors (Lipinski definition) is 2. The third-order valence-electron chi connectivity index (χ3n) is 5.24. The van der Waals surface area contributed by atoms with Gasteiger partial charge in [0.25, 0.3) is 0 Å². The van der Waals surface area contributed by atoms with Crippen molar-refractivity contribution in [2.24, 2.45) is 5.92 Å². The minimum Gasteiger partial charge on any atom is -0.480 e. The molecule has 0 radical (unpaired) electrons. The summed E-state index contributed by atoms with van der Waals surface area (Å²) in [5, 5.41) is 11.5. The molecule has 0 bridgehead atoms. The number of ether oxygens (including phenoxy) is 1. The highest BCUT2D eigenvalue weighted by molar-refractivity contribution is 5.84. The molecule has 0 aliphatic heterocycles. The lowest BCUT2D eigenvalue weighted by Crippen LogP contribution is -2.43. The maximum atomic E-state index is 12.4. The fraction of sp³-hybridized carbons (Fsp3) is 0.292. The molecule has 7 nitrogen and oxygen atoms in total. The Morgan fingerprint density at radius 1 is 1.13 bits per heavy atom. The van der Waals surface area contributed by atoms with Gasteiger partial charge in [0.1, 0.15) is 13.2 Å². The molecule has 31 heavy (non-hydrogen) atoms. The van der Waals surface area contributed by atoms with Gasteiger partial charge in [0, 0.05) is 12.5 Å². The fourth-order valence-corrected chi connectivity index (χ4v) is 3.77. The van der Waals surface area contributed by atoms with Gasteiger partial charge >= 0.3 is 12.1 Å². The number of amides is 2. The van der Waals surface area contributed by atoms with E-state index in [9.17, 15) is 14.4 Å². The molecule has 0 spiro atoms. The molecule has 2 aromatic carbocycles. The Hall–Kier alpha value is -3.79. The molecular weight excluding hydrogens is 396 g/mol. The van der Waals surface area contributed by atoms with Crippen molar-refractivity contribution in [3.8, 4) is 23.5 Å². The van der Waals surface area contributed by atoms with Gasteiger partial charge in [0.2, 0.25) is 5.91 Å². The molecule has 2 amide bonds. The Morgan fingerprint density at radius 3 is 2.26 bits per heavy atom. The topological polar surface area (TPSA) is 95.9 Å². The van der Waals surface area contributed by atoms with Crippen molar-refractivity contribution in [1.82, 2.24) is 10.2 Å². The molecule has 0 fully saturated rings. The van der Waals surface area contributed by atoms with Crippen LogP contribution in [-0.2, 0) is 14.3 Å². The lowest BCUT2D eigenvalue weighted by Gasteiger charge is -2.22. The number of terminal acetylenes is 1. The van der Waals surface area contributed by atoms with Crippen molar-refractivity contribution in [3.63, 3.8) is 0 Å². The van der Waals surface area contributed by atoms with Crippen LogP contribution in [0.1, 0.15) is 24.0 Å². The summed E-state index contributed by atoms with van der Waals surface area (Å²) in [6.07, 6.45) is 4.57. The second-order valence-corrected chi connectivity index (χ2v) is 7.40. The average Bonchev–Trinajstić information content (AvgIpc) is 3.08. The van der Waals surface area contributed by atoms with Gasteiger partial charge in [0.15, 0.2) is 0 Å². The zero-order valence-electron chi connectivity index (χ0n) is 17.2. The fourth-order valence-electron chi connectivity index (χ4n) is 3.77. The molecule has 2 N–H and O–H groups in total. The number of carboxylic acids is 1. The first-order valence-corrected chi connectivity index (χ1v) is 9.95. The van der Waals surface area contributed by atoms with Crippen LogP contribution in [0.25, 0.3) is 11.1 Å². The van der Waals surface area contributed by atoms with E-state index in [1.54, 1.807) is 6.92 Å². The van der Waals surface area contributed by atoms with Crippen LogP contribution >= 0.6 is 0 Å². The van der Waals surface area contributed by atoms with E-state index in [0.29, 0.717) is 0 Å². The van der Waals surface area contributed by atoms with Gasteiger partial charge in [0.05, 0.1) is 12.5 Å². The molecule has 0 aromatic heterocycles. The van der Waals surface area contributed by atoms with Crippen LogP contribution in [0.4, 0.5) is 4.79 Å². The van der Waals surface area contributed by atoms with Gasteiger partial charge in [-0.2, -0.15) is 0 Å². The monoisotopic (exact) mass is 420 g/mol. The molecule has 0 heterocycles. The highest BCUT2D eigenvalue weighted by atomic mass is 16.5. The summed E-state index contributed by atoms with van der Waals surface area (Å²) < 4.78 is 5.44. The number of carbonyl (C=O) groups excluding carboxylic acids is 2. The summed E-state index contributed by atoms with van der Waals surface area (Å²) in [5.41, 5.74) is 4.49. The first kappa shape index (κ1) is 21.9. The molecule has 3 rings (SSSR count). The minimum absolute atomic E-state index is 0.0101. The quantitative estimate of drug-likeness (QED) is 0.640. The Bertz CT molecular complexity index is 981. The summed E-state index contributed by atoms with van der Waals surface area (Å²) >= 11 is 0. The third-order valence-corrected chi connectivity index (χ3v) is 5.24. The van der Waals surface area contributed by atoms with E-state index in [1.165, 1.54) is 0 Å². The van der Waals surface area contributed by atoms with Crippen LogP contribution in [0.5, 0.6) is 0 Å². The summed E-state index contributed by atoms with van der Waals surface area (Å²) in [6.45, 7) is 1.18. The lowest BCUT2D eigenvalue weighted by molar-refractivity contribution is -0.145. The number of nitrogens with one attached hydrogen (secondary N) is 1. The van der Waals surface area contributed by atoms with Gasteiger partial charge in [-0.3, -0.25) is 9.59 Å². The van der Waals surface area contributed by atoms with E-state index in [1.807, 2.05) is 36.4 Å². The number of alkyl carbamates (subject to hydrolysis) is 1. The number of rotatable bonds is 8. The Balaban J connectivity index is 1.56. The maximum absolute atomic E-state index is 12.4. The predicted molar refractivity (Wildman–Crippen MR) is 115 cm³/mol. The summed E-state index contributed by atoms with van der Waals surface area (Å²) in [5.74, 6) is -0.0280. The highest BCUT2D eigenvalue weighted by Crippen LogP contribution is 2.44. The lowest BCUT2D eigenvalue weighted by atomic mass is 9.98. The molecule has 1 aliphatic carbocycles. The minimum atomic E-state index is -1.15. The smallest absolute Gasteiger partial charge is 0.407 e. The first-order valence-electron chi connectivity index (χ1n) is 9.95. The van der Waals surface area contributed by atoms with Gasteiger partial charge in [-0.15, -0.1) is 6.42 Å². The van der Waals surface area contributed by atoms with Crippen molar-refractivity contribution < 1.29 is 24.2 Å². The third kappa shape index (κ3) is 5.04. The zero-order valence-corrected chi connectivity index (χ0v) is 17.2. The average molecular weight is 420 g/mol. The van der Waals surface area contributed by atoms with E-state index in [0.717, 1.165) is 27.2 Å². The van der Waals surface area contributed by atoms with Crippen molar-refractivity contribution in [3.05, 3.63) is 59.7 Å². The van der Waals surface area contributed by atoms with Crippen LogP contribution in [0.2, 0.25) is 0 Å². The van der Waals surface area contributed by atoms with E-state index in [2.05, 4.69) is 23.4 Å². The number of benzene rings is 2. The number of aliphatic carboxylic acids is 1. The van der Waals surface area contributed by atoms with Crippen LogP contribution < -0.4 is 5.32 Å². The number of hydrogen-bond acceptors (Lipinski definition) is 4. The summed E-state index contributed by atoms with van der Waals surface area (Å²) in [6, 6.07) is 16.1. The van der Waals surface area contributed by atoms with Gasteiger partial charge in [-0.05, 0) is 22.3 Å². The first-order chi connectivity index (χ1) is 14.9. The van der Waals surface area contributed by atoms with Gasteiger partial charge < -0.3 is 20.1 Å². The summed E-state index contributed by atoms with van der Waals surface area (Å²) in [4.78, 5) is 36.6. The van der Waals surface area contributed by atoms with Crippen molar-refractivity contribution in [1.29, 1.82) is 0 Å². The van der Waals surface area contributed by atoms with Gasteiger partial charge in [-0.25, -0.2) is 4.79 Å². The van der Waals surface area contributed by atoms with E-state index >= 15 is 0 Å². The van der Waals surface area contributed by atoms with Crippen molar-refractivity contribution in [2.45, 2.75) is 12.8 Å². The van der Waals surface area contributed by atoms with Gasteiger partial charge in [-0.1, -0.05) is 61.4 Å². The normalized spacial score (nSPS) is 12.8. The molecule has 0 saturated carbocycles. The number of fused-ring (bicyclic) bond motifs is 3. The second kappa shape index (κ2) is 9.81. The number of nitrogens with zero attached hydrogens (tertiary/aromatic N) is 1. The molecule has 160 valence electrons. The second-order valence-electron chi connectivity index (χ2n) is 7.40. The molecule has 1 unspecified atom stereocenters. The largest absolute Gasteiger partial charge is 0.480 e. The van der Waals surface area contributed by atoms with Crippen LogP contribution in [-0.4, -0.2) is 54.2 Å².